The van der Waals surface area contributed by atoms with Gasteiger partial charge in [-0.15, -0.1) is 6.58 Å². The van der Waals surface area contributed by atoms with Gasteiger partial charge in [-0.25, -0.2) is 0 Å². The molecular weight excluding hydrogens is 200 g/mol. The molecule has 0 atom stereocenters. The zero-order valence-corrected chi connectivity index (χ0v) is 8.66. The number of likely N-dealkylation sites (N-methyl/N-ethyl adjacent to an activating group) is 1. The van der Waals surface area contributed by atoms with Crippen molar-refractivity contribution in [3.05, 3.63) is 41.7 Å². The molecule has 0 aliphatic heterocycles. The molecule has 0 aromatic carbocycles. The number of halogens is 1. The minimum atomic E-state index is -0.160. The van der Waals surface area contributed by atoms with E-state index in [1.807, 2.05) is 0 Å². The SMILES string of the molecule is C=CCN(C)C(=O)c1cc(Cl)ccn1. The van der Waals surface area contributed by atoms with Crippen LogP contribution in [0.15, 0.2) is 31.0 Å². The second-order valence-electron chi connectivity index (χ2n) is 2.83. The highest BCUT2D eigenvalue weighted by atomic mass is 35.5. The molecule has 0 unspecified atom stereocenters. The predicted molar refractivity (Wildman–Crippen MR) is 56.4 cm³/mol. The molecule has 3 nitrogen and oxygen atoms in total. The van der Waals surface area contributed by atoms with Gasteiger partial charge in [0.15, 0.2) is 0 Å². The Morgan fingerprint density at radius 2 is 2.50 bits per heavy atom. The van der Waals surface area contributed by atoms with Crippen molar-refractivity contribution in [3.63, 3.8) is 0 Å². The van der Waals surface area contributed by atoms with Gasteiger partial charge in [-0.2, -0.15) is 0 Å². The molecule has 0 N–H and O–H groups in total. The van der Waals surface area contributed by atoms with Crippen molar-refractivity contribution >= 4 is 17.5 Å². The lowest BCUT2D eigenvalue weighted by atomic mass is 10.3. The molecule has 0 saturated heterocycles. The first-order chi connectivity index (χ1) is 6.65. The second-order valence-corrected chi connectivity index (χ2v) is 3.27. The topological polar surface area (TPSA) is 33.2 Å². The van der Waals surface area contributed by atoms with Crippen molar-refractivity contribution in [2.45, 2.75) is 0 Å². The normalized spacial score (nSPS) is 9.57. The third-order valence-corrected chi connectivity index (χ3v) is 1.93. The summed E-state index contributed by atoms with van der Waals surface area (Å²) in [6.07, 6.45) is 3.17. The number of hydrogen-bond acceptors (Lipinski definition) is 2. The second kappa shape index (κ2) is 4.77. The molecule has 0 radical (unpaired) electrons. The molecule has 0 aliphatic carbocycles. The van der Waals surface area contributed by atoms with E-state index in [0.29, 0.717) is 17.3 Å². The molecule has 1 heterocycles. The number of carbonyl (C=O) groups excluding carboxylic acids is 1. The van der Waals surface area contributed by atoms with Crippen LogP contribution in [0.1, 0.15) is 10.5 Å². The zero-order valence-electron chi connectivity index (χ0n) is 7.90. The summed E-state index contributed by atoms with van der Waals surface area (Å²) < 4.78 is 0. The van der Waals surface area contributed by atoms with Gasteiger partial charge < -0.3 is 4.90 Å². The molecule has 0 saturated carbocycles. The van der Waals surface area contributed by atoms with E-state index < -0.39 is 0 Å². The van der Waals surface area contributed by atoms with E-state index in [0.717, 1.165) is 0 Å². The van der Waals surface area contributed by atoms with Crippen LogP contribution < -0.4 is 0 Å². The number of aromatic nitrogens is 1. The highest BCUT2D eigenvalue weighted by Crippen LogP contribution is 2.09. The van der Waals surface area contributed by atoms with Crippen LogP contribution in [0, 0.1) is 0 Å². The van der Waals surface area contributed by atoms with Crippen LogP contribution >= 0.6 is 11.6 Å². The maximum atomic E-state index is 11.6. The molecule has 1 aromatic heterocycles. The third-order valence-electron chi connectivity index (χ3n) is 1.69. The van der Waals surface area contributed by atoms with E-state index in [9.17, 15) is 4.79 Å². The van der Waals surface area contributed by atoms with Gasteiger partial charge in [0.1, 0.15) is 5.69 Å². The zero-order chi connectivity index (χ0) is 10.6. The van der Waals surface area contributed by atoms with Crippen LogP contribution in [-0.4, -0.2) is 29.4 Å². The summed E-state index contributed by atoms with van der Waals surface area (Å²) in [6.45, 7) is 4.05. The molecular formula is C10H11ClN2O. The summed E-state index contributed by atoms with van der Waals surface area (Å²) in [5, 5.41) is 0.510. The van der Waals surface area contributed by atoms with Gasteiger partial charge in [0.2, 0.25) is 0 Å². The summed E-state index contributed by atoms with van der Waals surface area (Å²) in [6, 6.07) is 3.18. The Morgan fingerprint density at radius 3 is 3.07 bits per heavy atom. The Morgan fingerprint density at radius 1 is 1.79 bits per heavy atom. The summed E-state index contributed by atoms with van der Waals surface area (Å²) in [4.78, 5) is 17.1. The minimum Gasteiger partial charge on any atom is -0.337 e. The van der Waals surface area contributed by atoms with Gasteiger partial charge in [-0.1, -0.05) is 17.7 Å². The maximum absolute atomic E-state index is 11.6. The Balaban J connectivity index is 2.83. The smallest absolute Gasteiger partial charge is 0.272 e. The van der Waals surface area contributed by atoms with Gasteiger partial charge in [0, 0.05) is 24.8 Å². The van der Waals surface area contributed by atoms with Crippen LogP contribution in [0.2, 0.25) is 5.02 Å². The quantitative estimate of drug-likeness (QED) is 0.715. The summed E-state index contributed by atoms with van der Waals surface area (Å²) in [5.41, 5.74) is 0.349. The molecule has 0 spiro atoms. The van der Waals surface area contributed by atoms with Crippen LogP contribution in [0.4, 0.5) is 0 Å². The molecule has 14 heavy (non-hydrogen) atoms. The Labute approximate surface area is 88.0 Å². The van der Waals surface area contributed by atoms with Gasteiger partial charge >= 0.3 is 0 Å². The first-order valence-electron chi connectivity index (χ1n) is 4.13. The third kappa shape index (κ3) is 2.57. The summed E-state index contributed by atoms with van der Waals surface area (Å²) in [5.74, 6) is -0.160. The number of hydrogen-bond donors (Lipinski definition) is 0. The standard InChI is InChI=1S/C10H11ClN2O/c1-3-6-13(2)10(14)9-7-8(11)4-5-12-9/h3-5,7H,1,6H2,2H3. The van der Waals surface area contributed by atoms with Crippen molar-refractivity contribution in [2.24, 2.45) is 0 Å². The Kier molecular flexibility index (Phi) is 3.65. The highest BCUT2D eigenvalue weighted by Gasteiger charge is 2.11. The van der Waals surface area contributed by atoms with Crippen molar-refractivity contribution in [1.29, 1.82) is 0 Å². The van der Waals surface area contributed by atoms with Gasteiger partial charge in [-0.05, 0) is 12.1 Å². The van der Waals surface area contributed by atoms with Crippen LogP contribution in [0.25, 0.3) is 0 Å². The summed E-state index contributed by atoms with van der Waals surface area (Å²) in [7, 11) is 1.69. The lowest BCUT2D eigenvalue weighted by Gasteiger charge is -2.13. The van der Waals surface area contributed by atoms with E-state index in [2.05, 4.69) is 11.6 Å². The van der Waals surface area contributed by atoms with E-state index in [1.165, 1.54) is 11.1 Å². The predicted octanol–water partition coefficient (Wildman–Crippen LogP) is 1.99. The lowest BCUT2D eigenvalue weighted by molar-refractivity contribution is 0.0804. The maximum Gasteiger partial charge on any atom is 0.272 e. The highest BCUT2D eigenvalue weighted by molar-refractivity contribution is 6.30. The average molecular weight is 211 g/mol. The van der Waals surface area contributed by atoms with E-state index in [1.54, 1.807) is 25.3 Å². The number of nitrogens with zero attached hydrogens (tertiary/aromatic N) is 2. The first kappa shape index (κ1) is 10.7. The van der Waals surface area contributed by atoms with Crippen molar-refractivity contribution < 1.29 is 4.79 Å². The van der Waals surface area contributed by atoms with Crippen molar-refractivity contribution in [1.82, 2.24) is 9.88 Å². The fourth-order valence-electron chi connectivity index (χ4n) is 0.994. The fourth-order valence-corrected chi connectivity index (χ4v) is 1.15. The van der Waals surface area contributed by atoms with Crippen molar-refractivity contribution in [2.75, 3.05) is 13.6 Å². The molecule has 74 valence electrons. The lowest BCUT2D eigenvalue weighted by Crippen LogP contribution is -2.27. The molecule has 0 fully saturated rings. The minimum absolute atomic E-state index is 0.160. The van der Waals surface area contributed by atoms with Crippen LogP contribution in [0.3, 0.4) is 0 Å². The number of carbonyl (C=O) groups is 1. The van der Waals surface area contributed by atoms with Crippen LogP contribution in [-0.2, 0) is 0 Å². The molecule has 4 heteroatoms. The Bertz CT molecular complexity index is 352. The van der Waals surface area contributed by atoms with Gasteiger partial charge in [-0.3, -0.25) is 9.78 Å². The molecule has 1 aromatic rings. The fraction of sp³-hybridized carbons (Fsp3) is 0.200. The molecule has 0 aliphatic rings. The van der Waals surface area contributed by atoms with E-state index >= 15 is 0 Å². The number of pyridine rings is 1. The average Bonchev–Trinajstić information content (AvgIpc) is 2.17. The molecule has 0 bridgehead atoms. The monoisotopic (exact) mass is 210 g/mol. The van der Waals surface area contributed by atoms with Crippen LogP contribution in [0.5, 0.6) is 0 Å². The number of rotatable bonds is 3. The van der Waals surface area contributed by atoms with Gasteiger partial charge in [0.25, 0.3) is 5.91 Å². The van der Waals surface area contributed by atoms with E-state index in [-0.39, 0.29) is 5.91 Å². The first-order valence-corrected chi connectivity index (χ1v) is 4.51. The molecule has 1 amide bonds. The number of amides is 1. The van der Waals surface area contributed by atoms with Crippen molar-refractivity contribution in [3.8, 4) is 0 Å². The largest absolute Gasteiger partial charge is 0.337 e. The van der Waals surface area contributed by atoms with E-state index in [4.69, 9.17) is 11.6 Å². The summed E-state index contributed by atoms with van der Waals surface area (Å²) >= 11 is 5.74. The Hall–Kier alpha value is -1.35. The molecule has 1 rings (SSSR count). The van der Waals surface area contributed by atoms with Gasteiger partial charge in [0.05, 0.1) is 0 Å².